The predicted octanol–water partition coefficient (Wildman–Crippen LogP) is 8.41. The second kappa shape index (κ2) is 15.1. The summed E-state index contributed by atoms with van der Waals surface area (Å²) in [6, 6.07) is 26.6. The Morgan fingerprint density at radius 1 is 0.884 bits per heavy atom. The molecule has 0 unspecified atom stereocenters. The molecule has 1 N–H and O–H groups in total. The molecule has 2 fully saturated rings. The maximum Gasteiger partial charge on any atom is 0.327 e. The predicted molar refractivity (Wildman–Crippen MR) is 182 cm³/mol. The minimum Gasteiger partial charge on any atom is -0.369 e. The number of amides is 2. The van der Waals surface area contributed by atoms with E-state index in [0.29, 0.717) is 11.6 Å². The van der Waals surface area contributed by atoms with Gasteiger partial charge in [0, 0.05) is 42.9 Å². The van der Waals surface area contributed by atoms with Crippen molar-refractivity contribution in [3.05, 3.63) is 96.9 Å². The van der Waals surface area contributed by atoms with Gasteiger partial charge in [-0.1, -0.05) is 43.3 Å². The lowest BCUT2D eigenvalue weighted by atomic mass is 9.80. The number of nitrogens with one attached hydrogen (secondary N) is 1. The van der Waals surface area contributed by atoms with Crippen molar-refractivity contribution in [2.24, 2.45) is 5.92 Å². The third-order valence-electron chi connectivity index (χ3n) is 8.61. The molecular formula is C33H39Cl3FN5O. The molecular weight excluding hydrogens is 608 g/mol. The lowest BCUT2D eigenvalue weighted by Gasteiger charge is -2.55. The summed E-state index contributed by atoms with van der Waals surface area (Å²) >= 11 is 0. The van der Waals surface area contributed by atoms with Gasteiger partial charge in [0.2, 0.25) is 0 Å². The average molecular weight is 647 g/mol. The molecule has 4 aromatic rings. The summed E-state index contributed by atoms with van der Waals surface area (Å²) in [5.41, 5.74) is 3.07. The van der Waals surface area contributed by atoms with Crippen LogP contribution in [0.2, 0.25) is 0 Å². The van der Waals surface area contributed by atoms with Crippen molar-refractivity contribution >= 4 is 71.2 Å². The molecule has 3 aromatic carbocycles. The summed E-state index contributed by atoms with van der Waals surface area (Å²) in [5, 5.41) is 4.19. The number of carbonyl (C=O) groups is 1. The van der Waals surface area contributed by atoms with Gasteiger partial charge in [0.1, 0.15) is 11.5 Å². The minimum absolute atomic E-state index is 0. The van der Waals surface area contributed by atoms with E-state index in [9.17, 15) is 9.18 Å². The maximum atomic E-state index is 14.3. The topological polar surface area (TPSA) is 51.7 Å². The molecule has 43 heavy (non-hydrogen) atoms. The number of anilines is 3. The molecule has 1 aliphatic heterocycles. The molecule has 6 nitrogen and oxygen atoms in total. The summed E-state index contributed by atoms with van der Waals surface area (Å²) < 4.78 is 13.5. The first kappa shape index (κ1) is 34.4. The van der Waals surface area contributed by atoms with Crippen molar-refractivity contribution < 1.29 is 9.18 Å². The van der Waals surface area contributed by atoms with Crippen molar-refractivity contribution in [3.8, 4) is 0 Å². The highest BCUT2D eigenvalue weighted by molar-refractivity contribution is 6.03. The van der Waals surface area contributed by atoms with Crippen molar-refractivity contribution in [2.45, 2.75) is 38.3 Å². The van der Waals surface area contributed by atoms with Crippen LogP contribution in [0, 0.1) is 11.7 Å². The number of piperazine rings is 1. The summed E-state index contributed by atoms with van der Waals surface area (Å²) in [5.74, 6) is 0.405. The minimum atomic E-state index is -0.447. The van der Waals surface area contributed by atoms with Gasteiger partial charge in [-0.05, 0) is 80.1 Å². The van der Waals surface area contributed by atoms with Crippen LogP contribution in [0.3, 0.4) is 0 Å². The molecule has 1 aromatic heterocycles. The van der Waals surface area contributed by atoms with E-state index in [1.54, 1.807) is 6.20 Å². The molecule has 230 valence electrons. The smallest absolute Gasteiger partial charge is 0.327 e. The van der Waals surface area contributed by atoms with E-state index in [2.05, 4.69) is 27.0 Å². The summed E-state index contributed by atoms with van der Waals surface area (Å²) in [6.07, 6.45) is 5.67. The number of hydrogen-bond acceptors (Lipinski definition) is 4. The number of pyridine rings is 1. The van der Waals surface area contributed by atoms with Crippen molar-refractivity contribution in [1.82, 2.24) is 9.88 Å². The van der Waals surface area contributed by atoms with Crippen molar-refractivity contribution in [3.63, 3.8) is 0 Å². The molecule has 0 spiro atoms. The number of halogens is 4. The molecule has 1 aliphatic carbocycles. The van der Waals surface area contributed by atoms with E-state index >= 15 is 0 Å². The number of hydrogen-bond donors (Lipinski definition) is 1. The summed E-state index contributed by atoms with van der Waals surface area (Å²) in [7, 11) is 0. The van der Waals surface area contributed by atoms with Crippen LogP contribution < -0.4 is 15.1 Å². The molecule has 1 saturated heterocycles. The number of fused-ring (bicyclic) bond motifs is 1. The maximum absolute atomic E-state index is 14.3. The molecule has 6 rings (SSSR count). The van der Waals surface area contributed by atoms with E-state index < -0.39 is 5.66 Å². The Labute approximate surface area is 271 Å². The Morgan fingerprint density at radius 3 is 2.19 bits per heavy atom. The molecule has 2 aliphatic rings. The third-order valence-corrected chi connectivity index (χ3v) is 8.61. The van der Waals surface area contributed by atoms with Gasteiger partial charge >= 0.3 is 6.03 Å². The van der Waals surface area contributed by atoms with Gasteiger partial charge in [-0.3, -0.25) is 14.8 Å². The molecule has 0 radical (unpaired) electrons. The van der Waals surface area contributed by atoms with Crippen LogP contribution in [-0.2, 0) is 0 Å². The van der Waals surface area contributed by atoms with Crippen LogP contribution in [0.15, 0.2) is 91.1 Å². The number of nitrogens with zero attached hydrogens (tertiary/aromatic N) is 4. The number of benzene rings is 3. The summed E-state index contributed by atoms with van der Waals surface area (Å²) in [6.45, 7) is 5.59. The number of rotatable bonds is 5. The van der Waals surface area contributed by atoms with Crippen LogP contribution in [0.5, 0.6) is 0 Å². The van der Waals surface area contributed by atoms with Gasteiger partial charge in [0.25, 0.3) is 0 Å². The quantitative estimate of drug-likeness (QED) is 0.237. The fourth-order valence-electron chi connectivity index (χ4n) is 6.38. The lowest BCUT2D eigenvalue weighted by Crippen LogP contribution is -2.68. The largest absolute Gasteiger partial charge is 0.369 e. The van der Waals surface area contributed by atoms with Crippen molar-refractivity contribution in [2.75, 3.05) is 41.3 Å². The molecule has 2 amide bonds. The Hall–Kier alpha value is -3.10. The number of carbonyl (C=O) groups excluding carboxylic acids is 1. The number of aromatic nitrogens is 1. The van der Waals surface area contributed by atoms with Gasteiger partial charge in [0.15, 0.2) is 0 Å². The van der Waals surface area contributed by atoms with Crippen LogP contribution in [0.4, 0.5) is 26.2 Å². The monoisotopic (exact) mass is 645 g/mol. The molecule has 1 saturated carbocycles. The first-order chi connectivity index (χ1) is 19.5. The van der Waals surface area contributed by atoms with Crippen LogP contribution in [-0.4, -0.2) is 47.8 Å². The van der Waals surface area contributed by atoms with Gasteiger partial charge in [-0.15, -0.1) is 37.2 Å². The van der Waals surface area contributed by atoms with Crippen LogP contribution >= 0.6 is 37.2 Å². The summed E-state index contributed by atoms with van der Waals surface area (Å²) in [4.78, 5) is 25.7. The Kier molecular flexibility index (Phi) is 12.0. The highest BCUT2D eigenvalue weighted by atomic mass is 35.5. The first-order valence-electron chi connectivity index (χ1n) is 14.3. The normalized spacial score (nSPS) is 20.2. The van der Waals surface area contributed by atoms with E-state index in [1.807, 2.05) is 77.7 Å². The standard InChI is InChI=1S/C33H36FN5O.3ClH/c1-25-15-17-33(18-16-25,38-21-19-37(20-22-38)29-13-11-27(34)12-14-29)39(30-8-3-2-4-9-30)32(40)36-28-23-26-7-5-6-10-31(26)35-24-28;;;/h2-14,23-25H,15-22H2,1H3,(H,36,40);3*1H. The van der Waals surface area contributed by atoms with Gasteiger partial charge in [0.05, 0.1) is 17.4 Å². The molecule has 2 heterocycles. The van der Waals surface area contributed by atoms with E-state index in [4.69, 9.17) is 0 Å². The van der Waals surface area contributed by atoms with Gasteiger partial charge < -0.3 is 10.2 Å². The zero-order chi connectivity index (χ0) is 27.5. The lowest BCUT2D eigenvalue weighted by molar-refractivity contribution is 0.0366. The van der Waals surface area contributed by atoms with E-state index in [0.717, 1.165) is 74.1 Å². The second-order valence-corrected chi connectivity index (χ2v) is 11.1. The average Bonchev–Trinajstić information content (AvgIpc) is 2.99. The SMILES string of the molecule is CC1CCC(N2CCN(c3ccc(F)cc3)CC2)(N(C(=O)Nc2cnc3ccccc3c2)c2ccccc2)CC1.Cl.Cl.Cl. The second-order valence-electron chi connectivity index (χ2n) is 11.1. The zero-order valence-corrected chi connectivity index (χ0v) is 26.6. The Morgan fingerprint density at radius 2 is 1.51 bits per heavy atom. The van der Waals surface area contributed by atoms with Gasteiger partial charge in [-0.2, -0.15) is 0 Å². The Bertz CT molecular complexity index is 1460. The third kappa shape index (κ3) is 7.35. The van der Waals surface area contributed by atoms with Crippen LogP contribution in [0.1, 0.15) is 32.6 Å². The fraction of sp³-hybridized carbons (Fsp3) is 0.333. The molecule has 10 heteroatoms. The Balaban J connectivity index is 0.00000169. The first-order valence-corrected chi connectivity index (χ1v) is 14.3. The van der Waals surface area contributed by atoms with E-state index in [-0.39, 0.29) is 49.1 Å². The fourth-order valence-corrected chi connectivity index (χ4v) is 6.38. The highest BCUT2D eigenvalue weighted by Gasteiger charge is 2.48. The number of urea groups is 1. The number of para-hydroxylation sites is 2. The molecule has 0 bridgehead atoms. The highest BCUT2D eigenvalue weighted by Crippen LogP contribution is 2.42. The van der Waals surface area contributed by atoms with Gasteiger partial charge in [-0.25, -0.2) is 9.18 Å². The zero-order valence-electron chi connectivity index (χ0n) is 24.2. The molecule has 0 atom stereocenters. The van der Waals surface area contributed by atoms with Crippen LogP contribution in [0.25, 0.3) is 10.9 Å². The van der Waals surface area contributed by atoms with Crippen molar-refractivity contribution in [1.29, 1.82) is 0 Å². The van der Waals surface area contributed by atoms with E-state index in [1.165, 1.54) is 12.1 Å².